The maximum atomic E-state index is 5.54. The largest absolute Gasteiger partial charge is 0.481 e. The quantitative estimate of drug-likeness (QED) is 0.799. The van der Waals surface area contributed by atoms with Gasteiger partial charge in [-0.05, 0) is 24.1 Å². The Morgan fingerprint density at radius 3 is 2.77 bits per heavy atom. The smallest absolute Gasteiger partial charge is 0.239 e. The molecule has 0 spiro atoms. The van der Waals surface area contributed by atoms with Crippen LogP contribution in [0.4, 0.5) is 5.95 Å². The number of pyridine rings is 1. The molecular formula is C16H17N5O. The van der Waals surface area contributed by atoms with Gasteiger partial charge in [0.15, 0.2) is 0 Å². The highest BCUT2D eigenvalue weighted by Gasteiger charge is 2.10. The van der Waals surface area contributed by atoms with Crippen LogP contribution in [0.3, 0.4) is 0 Å². The van der Waals surface area contributed by atoms with E-state index in [4.69, 9.17) is 10.5 Å². The zero-order chi connectivity index (χ0) is 15.5. The molecule has 0 radical (unpaired) electrons. The fraction of sp³-hybridized carbons (Fsp3) is 0.188. The number of methoxy groups -OCH3 is 1. The van der Waals surface area contributed by atoms with Crippen LogP contribution in [0.1, 0.15) is 11.1 Å². The van der Waals surface area contributed by atoms with Gasteiger partial charge in [0, 0.05) is 11.8 Å². The molecular weight excluding hydrogens is 278 g/mol. The minimum absolute atomic E-state index is 0.264. The molecule has 0 aliphatic rings. The van der Waals surface area contributed by atoms with E-state index in [0.717, 1.165) is 16.7 Å². The van der Waals surface area contributed by atoms with Gasteiger partial charge >= 0.3 is 0 Å². The van der Waals surface area contributed by atoms with Crippen molar-refractivity contribution >= 4 is 5.95 Å². The van der Waals surface area contributed by atoms with Gasteiger partial charge in [-0.3, -0.25) is 0 Å². The number of hydrogen-bond donors (Lipinski definition) is 1. The molecule has 2 N–H and O–H groups in total. The second kappa shape index (κ2) is 5.85. The van der Waals surface area contributed by atoms with E-state index in [2.05, 4.69) is 40.2 Å². The summed E-state index contributed by atoms with van der Waals surface area (Å²) in [6, 6.07) is 10.3. The molecule has 6 nitrogen and oxygen atoms in total. The average molecular weight is 295 g/mol. The molecule has 2 heterocycles. The van der Waals surface area contributed by atoms with Gasteiger partial charge in [-0.25, -0.2) is 14.6 Å². The van der Waals surface area contributed by atoms with E-state index in [1.165, 1.54) is 5.56 Å². The summed E-state index contributed by atoms with van der Waals surface area (Å²) in [5, 5.41) is 4.09. The minimum Gasteiger partial charge on any atom is -0.481 e. The lowest BCUT2D eigenvalue weighted by Crippen LogP contribution is -2.03. The third-order valence-corrected chi connectivity index (χ3v) is 3.33. The van der Waals surface area contributed by atoms with E-state index in [0.29, 0.717) is 12.4 Å². The summed E-state index contributed by atoms with van der Waals surface area (Å²) >= 11 is 0. The maximum absolute atomic E-state index is 5.54. The summed E-state index contributed by atoms with van der Waals surface area (Å²) in [7, 11) is 1.62. The summed E-state index contributed by atoms with van der Waals surface area (Å²) in [4.78, 5) is 8.31. The van der Waals surface area contributed by atoms with Crippen molar-refractivity contribution < 1.29 is 4.74 Å². The number of rotatable bonds is 4. The second-order valence-corrected chi connectivity index (χ2v) is 5.07. The Labute approximate surface area is 128 Å². The molecule has 0 aliphatic carbocycles. The van der Waals surface area contributed by atoms with E-state index < -0.39 is 0 Å². The highest BCUT2D eigenvalue weighted by Crippen LogP contribution is 2.29. The van der Waals surface area contributed by atoms with Gasteiger partial charge in [0.2, 0.25) is 11.8 Å². The monoisotopic (exact) mass is 295 g/mol. The molecule has 0 saturated heterocycles. The van der Waals surface area contributed by atoms with Crippen molar-refractivity contribution in [2.24, 2.45) is 0 Å². The van der Waals surface area contributed by atoms with Crippen LogP contribution in [0.2, 0.25) is 0 Å². The predicted molar refractivity (Wildman–Crippen MR) is 84.5 cm³/mol. The van der Waals surface area contributed by atoms with Crippen LogP contribution in [0.25, 0.3) is 11.1 Å². The third-order valence-electron chi connectivity index (χ3n) is 3.33. The molecule has 0 amide bonds. The van der Waals surface area contributed by atoms with Crippen LogP contribution in [0.15, 0.2) is 42.9 Å². The summed E-state index contributed by atoms with van der Waals surface area (Å²) in [5.41, 5.74) is 9.76. The van der Waals surface area contributed by atoms with Gasteiger partial charge in [-0.1, -0.05) is 29.8 Å². The lowest BCUT2D eigenvalue weighted by atomic mass is 10.0. The van der Waals surface area contributed by atoms with Crippen LogP contribution in [-0.4, -0.2) is 26.9 Å². The third kappa shape index (κ3) is 2.90. The molecule has 22 heavy (non-hydrogen) atoms. The number of benzene rings is 1. The number of nitrogen functional groups attached to an aromatic ring is 1. The topological polar surface area (TPSA) is 78.8 Å². The Morgan fingerprint density at radius 1 is 1.23 bits per heavy atom. The van der Waals surface area contributed by atoms with Gasteiger partial charge in [-0.15, -0.1) is 5.10 Å². The van der Waals surface area contributed by atoms with Crippen molar-refractivity contribution in [3.63, 3.8) is 0 Å². The molecule has 0 bridgehead atoms. The molecule has 3 aromatic rings. The van der Waals surface area contributed by atoms with Crippen LogP contribution >= 0.6 is 0 Å². The van der Waals surface area contributed by atoms with E-state index in [-0.39, 0.29) is 5.95 Å². The molecule has 0 saturated carbocycles. The van der Waals surface area contributed by atoms with Crippen LogP contribution in [0, 0.1) is 6.92 Å². The minimum atomic E-state index is 0.264. The molecule has 1 aromatic carbocycles. The van der Waals surface area contributed by atoms with Gasteiger partial charge in [-0.2, -0.15) is 0 Å². The van der Waals surface area contributed by atoms with Crippen molar-refractivity contribution in [1.29, 1.82) is 0 Å². The Balaban J connectivity index is 1.99. The predicted octanol–water partition coefficient (Wildman–Crippen LogP) is 2.29. The summed E-state index contributed by atoms with van der Waals surface area (Å²) in [5.74, 6) is 0.868. The first-order valence-electron chi connectivity index (χ1n) is 6.90. The fourth-order valence-electron chi connectivity index (χ4n) is 2.34. The molecule has 3 rings (SSSR count). The maximum Gasteiger partial charge on any atom is 0.239 e. The SMILES string of the molecule is COc1ncc(Cn2cnc(N)n2)cc1-c1cccc(C)c1. The lowest BCUT2D eigenvalue weighted by Gasteiger charge is -2.10. The van der Waals surface area contributed by atoms with Crippen LogP contribution in [-0.2, 0) is 6.54 Å². The first-order valence-corrected chi connectivity index (χ1v) is 6.90. The van der Waals surface area contributed by atoms with Crippen molar-refractivity contribution in [3.05, 3.63) is 54.0 Å². The van der Waals surface area contributed by atoms with Crippen LogP contribution < -0.4 is 10.5 Å². The highest BCUT2D eigenvalue weighted by molar-refractivity contribution is 5.69. The molecule has 112 valence electrons. The molecule has 6 heteroatoms. The lowest BCUT2D eigenvalue weighted by molar-refractivity contribution is 0.399. The standard InChI is InChI=1S/C16H17N5O/c1-11-4-3-5-13(6-11)14-7-12(8-18-15(14)22-2)9-21-10-19-16(17)20-21/h3-8,10H,9H2,1-2H3,(H2,17,20). The Kier molecular flexibility index (Phi) is 3.74. The van der Waals surface area contributed by atoms with E-state index in [1.807, 2.05) is 12.1 Å². The van der Waals surface area contributed by atoms with Gasteiger partial charge < -0.3 is 10.5 Å². The summed E-state index contributed by atoms with van der Waals surface area (Å²) in [6.45, 7) is 2.62. The van der Waals surface area contributed by atoms with E-state index >= 15 is 0 Å². The van der Waals surface area contributed by atoms with E-state index in [9.17, 15) is 0 Å². The highest BCUT2D eigenvalue weighted by atomic mass is 16.5. The van der Waals surface area contributed by atoms with Crippen molar-refractivity contribution in [3.8, 4) is 17.0 Å². The van der Waals surface area contributed by atoms with Crippen molar-refractivity contribution in [1.82, 2.24) is 19.7 Å². The Hall–Kier alpha value is -2.89. The number of aromatic nitrogens is 4. The molecule has 0 aliphatic heterocycles. The molecule has 0 fully saturated rings. The van der Waals surface area contributed by atoms with Crippen molar-refractivity contribution in [2.45, 2.75) is 13.5 Å². The zero-order valence-electron chi connectivity index (χ0n) is 12.5. The molecule has 2 aromatic heterocycles. The second-order valence-electron chi connectivity index (χ2n) is 5.07. The van der Waals surface area contributed by atoms with E-state index in [1.54, 1.807) is 24.3 Å². The number of anilines is 1. The first kappa shape index (κ1) is 14.1. The Morgan fingerprint density at radius 2 is 2.09 bits per heavy atom. The normalized spacial score (nSPS) is 10.6. The first-order chi connectivity index (χ1) is 10.7. The zero-order valence-corrected chi connectivity index (χ0v) is 12.5. The number of hydrogen-bond acceptors (Lipinski definition) is 5. The molecule has 0 atom stereocenters. The number of ether oxygens (including phenoxy) is 1. The summed E-state index contributed by atoms with van der Waals surface area (Å²) < 4.78 is 7.06. The molecule has 0 unspecified atom stereocenters. The van der Waals surface area contributed by atoms with Gasteiger partial charge in [0.25, 0.3) is 0 Å². The fourth-order valence-corrected chi connectivity index (χ4v) is 2.34. The Bertz CT molecular complexity index is 797. The van der Waals surface area contributed by atoms with Gasteiger partial charge in [0.05, 0.1) is 13.7 Å². The number of nitrogens with two attached hydrogens (primary N) is 1. The van der Waals surface area contributed by atoms with Crippen LogP contribution in [0.5, 0.6) is 5.88 Å². The number of aryl methyl sites for hydroxylation is 1. The van der Waals surface area contributed by atoms with Gasteiger partial charge in [0.1, 0.15) is 6.33 Å². The summed E-state index contributed by atoms with van der Waals surface area (Å²) in [6.07, 6.45) is 3.38. The number of nitrogens with zero attached hydrogens (tertiary/aromatic N) is 4. The van der Waals surface area contributed by atoms with Crippen molar-refractivity contribution in [2.75, 3.05) is 12.8 Å². The average Bonchev–Trinajstić information content (AvgIpc) is 2.92.